The Morgan fingerprint density at radius 1 is 1.03 bits per heavy atom. The molecule has 39 heavy (non-hydrogen) atoms. The highest BCUT2D eigenvalue weighted by Crippen LogP contribution is 2.19. The summed E-state index contributed by atoms with van der Waals surface area (Å²) in [6, 6.07) is 6.85. The van der Waals surface area contributed by atoms with Crippen molar-refractivity contribution in [3.05, 3.63) is 53.9 Å². The van der Waals surface area contributed by atoms with Crippen molar-refractivity contribution in [2.24, 2.45) is 13.0 Å². The number of carbonyl (C=O) groups excluding carboxylic acids is 5. The average molecular weight is 537 g/mol. The number of rotatable bonds is 11. The Morgan fingerprint density at radius 3 is 2.41 bits per heavy atom. The molecular formula is C28H36N6O5. The van der Waals surface area contributed by atoms with Gasteiger partial charge in [-0.05, 0) is 31.2 Å². The summed E-state index contributed by atoms with van der Waals surface area (Å²) in [5, 5.41) is 15.0. The lowest BCUT2D eigenvalue weighted by molar-refractivity contribution is -0.141. The topological polar surface area (TPSA) is 151 Å². The van der Waals surface area contributed by atoms with Crippen LogP contribution in [0.1, 0.15) is 60.9 Å². The van der Waals surface area contributed by atoms with Gasteiger partial charge in [-0.3, -0.25) is 28.7 Å². The van der Waals surface area contributed by atoms with Crippen molar-refractivity contribution in [2.75, 3.05) is 6.54 Å². The number of aryl methyl sites for hydroxylation is 1. The van der Waals surface area contributed by atoms with E-state index in [9.17, 15) is 24.0 Å². The van der Waals surface area contributed by atoms with E-state index < -0.39 is 41.5 Å². The van der Waals surface area contributed by atoms with E-state index in [1.54, 1.807) is 7.05 Å². The van der Waals surface area contributed by atoms with Gasteiger partial charge in [-0.1, -0.05) is 49.6 Å². The van der Waals surface area contributed by atoms with Gasteiger partial charge in [0.25, 0.3) is 11.8 Å². The van der Waals surface area contributed by atoms with E-state index >= 15 is 0 Å². The molecule has 11 heteroatoms. The van der Waals surface area contributed by atoms with Gasteiger partial charge in [0, 0.05) is 38.2 Å². The van der Waals surface area contributed by atoms with Crippen molar-refractivity contribution < 1.29 is 24.0 Å². The van der Waals surface area contributed by atoms with Crippen LogP contribution in [0.5, 0.6) is 0 Å². The molecule has 2 aliphatic rings. The number of Topliss-reactive ketones (excluding diaryl/α,β-unsaturated/α-hetero) is 1. The fourth-order valence-corrected chi connectivity index (χ4v) is 5.16. The van der Waals surface area contributed by atoms with E-state index in [1.165, 1.54) is 17.1 Å². The molecule has 1 unspecified atom stereocenters. The number of nitrogens with one attached hydrogen (secondary N) is 4. The number of aromatic nitrogens is 2. The highest BCUT2D eigenvalue weighted by molar-refractivity contribution is 6.38. The molecule has 11 nitrogen and oxygen atoms in total. The van der Waals surface area contributed by atoms with Gasteiger partial charge in [0.1, 0.15) is 6.04 Å². The molecule has 2 fully saturated rings. The first-order valence-corrected chi connectivity index (χ1v) is 13.6. The Hall–Kier alpha value is -4.02. The highest BCUT2D eigenvalue weighted by Gasteiger charge is 2.36. The summed E-state index contributed by atoms with van der Waals surface area (Å²) in [5.41, 5.74) is 1.09. The van der Waals surface area contributed by atoms with Crippen molar-refractivity contribution >= 4 is 29.4 Å². The number of ketones is 1. The van der Waals surface area contributed by atoms with Crippen LogP contribution in [0.4, 0.5) is 0 Å². The SMILES string of the molecule is Cn1cc(C(=O)N[C@@H](Cc2ccccc2)C(=O)NC(C[C@@H]2CCNC2=O)C(=O)C(=O)NC2CCCCC2)cn1. The maximum Gasteiger partial charge on any atom is 0.289 e. The number of carbonyl (C=O) groups is 5. The van der Waals surface area contributed by atoms with E-state index in [0.29, 0.717) is 13.0 Å². The minimum Gasteiger partial charge on any atom is -0.356 e. The van der Waals surface area contributed by atoms with Gasteiger partial charge in [0.15, 0.2) is 0 Å². The molecule has 208 valence electrons. The molecule has 0 spiro atoms. The van der Waals surface area contributed by atoms with Crippen molar-refractivity contribution in [2.45, 2.75) is 69.5 Å². The Labute approximate surface area is 227 Å². The van der Waals surface area contributed by atoms with Crippen molar-refractivity contribution in [1.82, 2.24) is 31.0 Å². The third kappa shape index (κ3) is 7.75. The Balaban J connectivity index is 1.51. The number of benzene rings is 1. The second-order valence-electron chi connectivity index (χ2n) is 10.4. The Morgan fingerprint density at radius 2 is 1.77 bits per heavy atom. The van der Waals surface area contributed by atoms with Gasteiger partial charge in [-0.2, -0.15) is 5.10 Å². The molecule has 1 aromatic carbocycles. The normalized spacial score (nSPS) is 19.0. The van der Waals surface area contributed by atoms with Crippen molar-refractivity contribution in [3.8, 4) is 0 Å². The molecular weight excluding hydrogens is 500 g/mol. The van der Waals surface area contributed by atoms with Gasteiger partial charge >= 0.3 is 0 Å². The lowest BCUT2D eigenvalue weighted by Crippen LogP contribution is -2.55. The molecule has 1 aliphatic heterocycles. The van der Waals surface area contributed by atoms with E-state index in [2.05, 4.69) is 26.4 Å². The molecule has 2 aromatic rings. The van der Waals surface area contributed by atoms with Crippen LogP contribution in [0, 0.1) is 5.92 Å². The molecule has 3 atom stereocenters. The quantitative estimate of drug-likeness (QED) is 0.312. The fraction of sp³-hybridized carbons (Fsp3) is 0.500. The highest BCUT2D eigenvalue weighted by atomic mass is 16.2. The summed E-state index contributed by atoms with van der Waals surface area (Å²) < 4.78 is 1.48. The summed E-state index contributed by atoms with van der Waals surface area (Å²) in [7, 11) is 1.68. The number of hydrogen-bond donors (Lipinski definition) is 4. The van der Waals surface area contributed by atoms with Crippen LogP contribution in [-0.2, 0) is 32.6 Å². The summed E-state index contributed by atoms with van der Waals surface area (Å²) in [6.07, 6.45) is 8.29. The minimum absolute atomic E-state index is 0.00308. The smallest absolute Gasteiger partial charge is 0.289 e. The van der Waals surface area contributed by atoms with E-state index in [-0.39, 0.29) is 30.4 Å². The summed E-state index contributed by atoms with van der Waals surface area (Å²) in [4.78, 5) is 65.0. The zero-order chi connectivity index (χ0) is 27.8. The molecule has 4 N–H and O–H groups in total. The van der Waals surface area contributed by atoms with Gasteiger partial charge < -0.3 is 21.3 Å². The zero-order valence-corrected chi connectivity index (χ0v) is 22.2. The molecule has 0 bridgehead atoms. The third-order valence-corrected chi connectivity index (χ3v) is 7.35. The lowest BCUT2D eigenvalue weighted by atomic mass is 9.93. The van der Waals surface area contributed by atoms with Crippen LogP contribution in [0.2, 0.25) is 0 Å². The molecule has 1 aromatic heterocycles. The molecule has 0 radical (unpaired) electrons. The lowest BCUT2D eigenvalue weighted by Gasteiger charge is -2.26. The number of amides is 4. The first-order valence-electron chi connectivity index (χ1n) is 13.6. The molecule has 1 saturated heterocycles. The largest absolute Gasteiger partial charge is 0.356 e. The minimum atomic E-state index is -1.21. The summed E-state index contributed by atoms with van der Waals surface area (Å²) in [6.45, 7) is 0.477. The van der Waals surface area contributed by atoms with E-state index in [1.807, 2.05) is 30.3 Å². The molecule has 1 aliphatic carbocycles. The standard InChI is InChI=1S/C28H36N6O5/c1-34-17-20(16-30-34)26(37)33-23(14-18-8-4-2-5-9-18)27(38)32-22(15-19-12-13-29-25(19)36)24(35)28(39)31-21-10-6-3-7-11-21/h2,4-5,8-9,16-17,19,21-23H,3,6-7,10-15H2,1H3,(H,29,36)(H,31,39)(H,32,38)(H,33,37)/t19-,22?,23-/m0/s1. The average Bonchev–Trinajstić information content (AvgIpc) is 3.56. The predicted octanol–water partition coefficient (Wildman–Crippen LogP) is 0.790. The van der Waals surface area contributed by atoms with Gasteiger partial charge in [-0.25, -0.2) is 0 Å². The monoisotopic (exact) mass is 536 g/mol. The molecule has 4 rings (SSSR count). The van der Waals surface area contributed by atoms with Crippen LogP contribution in [0.25, 0.3) is 0 Å². The first-order chi connectivity index (χ1) is 18.8. The Kier molecular flexibility index (Phi) is 9.45. The van der Waals surface area contributed by atoms with Crippen molar-refractivity contribution in [1.29, 1.82) is 0 Å². The summed E-state index contributed by atoms with van der Waals surface area (Å²) in [5.74, 6) is -3.36. The molecule has 2 heterocycles. The van der Waals surface area contributed by atoms with E-state index in [0.717, 1.165) is 37.7 Å². The van der Waals surface area contributed by atoms with E-state index in [4.69, 9.17) is 0 Å². The number of hydrogen-bond acceptors (Lipinski definition) is 6. The molecule has 1 saturated carbocycles. The van der Waals surface area contributed by atoms with Crippen LogP contribution in [-0.4, -0.2) is 63.9 Å². The molecule has 4 amide bonds. The van der Waals surface area contributed by atoms with Crippen LogP contribution >= 0.6 is 0 Å². The maximum absolute atomic E-state index is 13.6. The van der Waals surface area contributed by atoms with Crippen molar-refractivity contribution in [3.63, 3.8) is 0 Å². The second kappa shape index (κ2) is 13.2. The van der Waals surface area contributed by atoms with Gasteiger partial charge in [0.2, 0.25) is 17.6 Å². The maximum atomic E-state index is 13.6. The van der Waals surface area contributed by atoms with Crippen LogP contribution in [0.15, 0.2) is 42.7 Å². The Bertz CT molecular complexity index is 1190. The number of nitrogens with zero attached hydrogens (tertiary/aromatic N) is 2. The fourth-order valence-electron chi connectivity index (χ4n) is 5.16. The zero-order valence-electron chi connectivity index (χ0n) is 22.2. The first kappa shape index (κ1) is 28.0. The van der Waals surface area contributed by atoms with Gasteiger partial charge in [-0.15, -0.1) is 0 Å². The third-order valence-electron chi connectivity index (χ3n) is 7.35. The second-order valence-corrected chi connectivity index (χ2v) is 10.4. The predicted molar refractivity (Wildman–Crippen MR) is 142 cm³/mol. The van der Waals surface area contributed by atoms with Crippen LogP contribution < -0.4 is 21.3 Å². The summed E-state index contributed by atoms with van der Waals surface area (Å²) >= 11 is 0. The van der Waals surface area contributed by atoms with Gasteiger partial charge in [0.05, 0.1) is 17.8 Å². The van der Waals surface area contributed by atoms with Crippen LogP contribution in [0.3, 0.4) is 0 Å².